The van der Waals surface area contributed by atoms with Gasteiger partial charge in [-0.3, -0.25) is 0 Å². The molecule has 0 fully saturated rings. The van der Waals surface area contributed by atoms with Crippen molar-refractivity contribution in [1.82, 2.24) is 20.5 Å². The predicted molar refractivity (Wildman–Crippen MR) is 127 cm³/mol. The average Bonchev–Trinajstić information content (AvgIpc) is 2.77. The largest absolute Gasteiger partial charge is 0.363 e. The molecule has 0 radical (unpaired) electrons. The third-order valence-electron chi connectivity index (χ3n) is 4.94. The Morgan fingerprint density at radius 2 is 1.52 bits per heavy atom. The lowest BCUT2D eigenvalue weighted by molar-refractivity contribution is 0.240. The van der Waals surface area contributed by atoms with Gasteiger partial charge in [-0.25, -0.2) is 9.78 Å². The first-order valence-electron chi connectivity index (χ1n) is 10.4. The van der Waals surface area contributed by atoms with Crippen molar-refractivity contribution >= 4 is 11.8 Å². The maximum absolute atomic E-state index is 12.3. The number of hydrogen-bond donors (Lipinski definition) is 2. The second-order valence-corrected chi connectivity index (χ2v) is 8.05. The van der Waals surface area contributed by atoms with Crippen molar-refractivity contribution in [3.05, 3.63) is 83.6 Å². The zero-order chi connectivity index (χ0) is 22.2. The maximum atomic E-state index is 12.3. The van der Waals surface area contributed by atoms with E-state index in [0.29, 0.717) is 13.1 Å². The molecule has 6 heteroatoms. The summed E-state index contributed by atoms with van der Waals surface area (Å²) in [4.78, 5) is 20.8. The lowest BCUT2D eigenvalue weighted by atomic mass is 9.98. The minimum absolute atomic E-state index is 0.201. The topological polar surface area (TPSA) is 60.5 Å². The van der Waals surface area contributed by atoms with Gasteiger partial charge in [0.25, 0.3) is 0 Å². The smallest absolute Gasteiger partial charge is 0.315 e. The van der Waals surface area contributed by atoms with Crippen LogP contribution in [0.25, 0.3) is 11.1 Å². The minimum atomic E-state index is -0.201. The third-order valence-corrected chi connectivity index (χ3v) is 4.94. The van der Waals surface area contributed by atoms with Gasteiger partial charge in [0.1, 0.15) is 5.82 Å². The quantitative estimate of drug-likeness (QED) is 0.584. The van der Waals surface area contributed by atoms with Crippen molar-refractivity contribution in [2.45, 2.75) is 19.6 Å². The molecule has 0 atom stereocenters. The second-order valence-electron chi connectivity index (χ2n) is 8.05. The Hall–Kier alpha value is -3.38. The summed E-state index contributed by atoms with van der Waals surface area (Å²) in [7, 11) is 8.03. The zero-order valence-electron chi connectivity index (χ0n) is 18.7. The molecule has 6 nitrogen and oxygen atoms in total. The van der Waals surface area contributed by atoms with Crippen LogP contribution in [0, 0.1) is 0 Å². The van der Waals surface area contributed by atoms with Crippen LogP contribution in [0.15, 0.2) is 66.9 Å². The lowest BCUT2D eigenvalue weighted by Crippen LogP contribution is -2.34. The maximum Gasteiger partial charge on any atom is 0.315 e. The highest BCUT2D eigenvalue weighted by Gasteiger charge is 2.07. The van der Waals surface area contributed by atoms with E-state index in [9.17, 15) is 4.79 Å². The van der Waals surface area contributed by atoms with E-state index in [0.717, 1.165) is 34.6 Å². The van der Waals surface area contributed by atoms with Crippen molar-refractivity contribution in [2.75, 3.05) is 33.1 Å². The van der Waals surface area contributed by atoms with E-state index in [-0.39, 0.29) is 6.03 Å². The third kappa shape index (κ3) is 6.55. The van der Waals surface area contributed by atoms with Crippen molar-refractivity contribution in [3.8, 4) is 11.1 Å². The highest BCUT2D eigenvalue weighted by molar-refractivity contribution is 5.75. The van der Waals surface area contributed by atoms with Gasteiger partial charge in [0.2, 0.25) is 0 Å². The monoisotopic (exact) mass is 417 g/mol. The molecule has 0 aliphatic rings. The molecular weight excluding hydrogens is 386 g/mol. The molecule has 0 bridgehead atoms. The van der Waals surface area contributed by atoms with Crippen LogP contribution < -0.4 is 15.5 Å². The number of hydrogen-bond acceptors (Lipinski definition) is 4. The second kappa shape index (κ2) is 10.6. The van der Waals surface area contributed by atoms with Crippen LogP contribution in [0.5, 0.6) is 0 Å². The van der Waals surface area contributed by atoms with Crippen molar-refractivity contribution in [2.24, 2.45) is 0 Å². The van der Waals surface area contributed by atoms with Crippen LogP contribution in [0.2, 0.25) is 0 Å². The van der Waals surface area contributed by atoms with Crippen molar-refractivity contribution in [3.63, 3.8) is 0 Å². The molecule has 0 aliphatic heterocycles. The van der Waals surface area contributed by atoms with Crippen LogP contribution >= 0.6 is 0 Å². The molecule has 0 saturated heterocycles. The number of amides is 2. The number of aromatic nitrogens is 1. The standard InChI is InChI=1S/C25H31N5O/c1-29(2)18-19-9-12-21(13-10-19)23-8-6-5-7-22(23)17-28-25(31)27-16-20-11-14-24(26-15-20)30(3)4/h5-15H,16-18H2,1-4H3,(H2,27,28,31). The minimum Gasteiger partial charge on any atom is -0.363 e. The SMILES string of the molecule is CN(C)Cc1ccc(-c2ccccc2CNC(=O)NCc2ccc(N(C)C)nc2)cc1. The molecule has 3 aromatic rings. The van der Waals surface area contributed by atoms with Gasteiger partial charge in [0.15, 0.2) is 0 Å². The lowest BCUT2D eigenvalue weighted by Gasteiger charge is -2.14. The summed E-state index contributed by atoms with van der Waals surface area (Å²) in [5.74, 6) is 0.888. The van der Waals surface area contributed by atoms with E-state index in [4.69, 9.17) is 0 Å². The molecule has 0 spiro atoms. The highest BCUT2D eigenvalue weighted by atomic mass is 16.2. The Morgan fingerprint density at radius 1 is 0.839 bits per heavy atom. The summed E-state index contributed by atoms with van der Waals surface area (Å²) >= 11 is 0. The molecular formula is C25H31N5O. The van der Waals surface area contributed by atoms with Gasteiger partial charge in [-0.15, -0.1) is 0 Å². The van der Waals surface area contributed by atoms with Gasteiger partial charge in [-0.1, -0.05) is 54.6 Å². The summed E-state index contributed by atoms with van der Waals surface area (Å²) in [6, 6.07) is 20.5. The number of anilines is 1. The fourth-order valence-electron chi connectivity index (χ4n) is 3.32. The van der Waals surface area contributed by atoms with Crippen LogP contribution in [-0.4, -0.2) is 44.1 Å². The molecule has 0 saturated carbocycles. The molecule has 1 aromatic heterocycles. The Bertz CT molecular complexity index is 982. The summed E-state index contributed by atoms with van der Waals surface area (Å²) in [5.41, 5.74) is 5.58. The Kier molecular flexibility index (Phi) is 7.62. The van der Waals surface area contributed by atoms with E-state index < -0.39 is 0 Å². The van der Waals surface area contributed by atoms with Gasteiger partial charge in [0.05, 0.1) is 0 Å². The molecule has 31 heavy (non-hydrogen) atoms. The summed E-state index contributed by atoms with van der Waals surface area (Å²) in [5, 5.41) is 5.86. The van der Waals surface area contributed by atoms with Crippen LogP contribution in [0.1, 0.15) is 16.7 Å². The number of carbonyl (C=O) groups excluding carboxylic acids is 1. The molecule has 2 N–H and O–H groups in total. The van der Waals surface area contributed by atoms with Crippen molar-refractivity contribution in [1.29, 1.82) is 0 Å². The molecule has 3 rings (SSSR count). The van der Waals surface area contributed by atoms with Gasteiger partial charge in [-0.2, -0.15) is 0 Å². The van der Waals surface area contributed by atoms with Crippen LogP contribution in [0.4, 0.5) is 10.6 Å². The average molecular weight is 418 g/mol. The molecule has 2 aromatic carbocycles. The Morgan fingerprint density at radius 3 is 2.16 bits per heavy atom. The van der Waals surface area contributed by atoms with E-state index in [1.54, 1.807) is 6.20 Å². The van der Waals surface area contributed by atoms with E-state index in [2.05, 4.69) is 64.9 Å². The number of rotatable bonds is 8. The first-order chi connectivity index (χ1) is 14.9. The first-order valence-corrected chi connectivity index (χ1v) is 10.4. The normalized spacial score (nSPS) is 10.7. The number of benzene rings is 2. The van der Waals surface area contributed by atoms with E-state index in [1.807, 2.05) is 49.3 Å². The molecule has 1 heterocycles. The number of pyridine rings is 1. The Balaban J connectivity index is 1.57. The Labute approximate surface area is 184 Å². The highest BCUT2D eigenvalue weighted by Crippen LogP contribution is 2.24. The van der Waals surface area contributed by atoms with Crippen LogP contribution in [-0.2, 0) is 19.6 Å². The van der Waals surface area contributed by atoms with Gasteiger partial charge >= 0.3 is 6.03 Å². The van der Waals surface area contributed by atoms with Gasteiger partial charge in [0, 0.05) is 39.9 Å². The van der Waals surface area contributed by atoms with E-state index >= 15 is 0 Å². The number of nitrogens with zero attached hydrogens (tertiary/aromatic N) is 3. The first kappa shape index (κ1) is 22.3. The molecule has 0 unspecified atom stereocenters. The van der Waals surface area contributed by atoms with E-state index in [1.165, 1.54) is 5.56 Å². The summed E-state index contributed by atoms with van der Waals surface area (Å²) in [6.07, 6.45) is 1.78. The number of nitrogens with one attached hydrogen (secondary N) is 2. The zero-order valence-corrected chi connectivity index (χ0v) is 18.7. The summed E-state index contributed by atoms with van der Waals surface area (Å²) in [6.45, 7) is 1.80. The number of carbonyl (C=O) groups is 1. The fraction of sp³-hybridized carbons (Fsp3) is 0.280. The predicted octanol–water partition coefficient (Wildman–Crippen LogP) is 3.88. The molecule has 2 amide bonds. The van der Waals surface area contributed by atoms with Gasteiger partial charge < -0.3 is 20.4 Å². The molecule has 162 valence electrons. The summed E-state index contributed by atoms with van der Waals surface area (Å²) < 4.78 is 0. The number of urea groups is 1. The molecule has 0 aliphatic carbocycles. The van der Waals surface area contributed by atoms with Gasteiger partial charge in [-0.05, 0) is 48.0 Å². The fourth-order valence-corrected chi connectivity index (χ4v) is 3.32. The van der Waals surface area contributed by atoms with Crippen molar-refractivity contribution < 1.29 is 4.79 Å². The van der Waals surface area contributed by atoms with Crippen LogP contribution in [0.3, 0.4) is 0 Å².